The summed E-state index contributed by atoms with van der Waals surface area (Å²) in [7, 11) is 0. The Bertz CT molecular complexity index is 158. The molecule has 4 nitrogen and oxygen atoms in total. The summed E-state index contributed by atoms with van der Waals surface area (Å²) in [5.74, 6) is 0.226. The summed E-state index contributed by atoms with van der Waals surface area (Å²) < 4.78 is 20.5. The van der Waals surface area contributed by atoms with Gasteiger partial charge in [-0.05, 0) is 32.4 Å². The minimum atomic E-state index is -1.90. The van der Waals surface area contributed by atoms with Gasteiger partial charge in [-0.15, -0.1) is 0 Å². The molecule has 1 fully saturated rings. The summed E-state index contributed by atoms with van der Waals surface area (Å²) in [6.45, 7) is 2.71. The zero-order valence-electron chi connectivity index (χ0n) is 7.75. The molecule has 0 aliphatic carbocycles. The van der Waals surface area contributed by atoms with E-state index in [1.807, 2.05) is 0 Å². The summed E-state index contributed by atoms with van der Waals surface area (Å²) >= 11 is -1.90. The summed E-state index contributed by atoms with van der Waals surface area (Å²) in [4.78, 5) is 0. The van der Waals surface area contributed by atoms with E-state index in [1.165, 1.54) is 6.42 Å². The van der Waals surface area contributed by atoms with E-state index in [0.29, 0.717) is 12.6 Å². The van der Waals surface area contributed by atoms with Gasteiger partial charge in [0.25, 0.3) is 0 Å². The second-order valence-electron chi connectivity index (χ2n) is 3.34. The van der Waals surface area contributed by atoms with Gasteiger partial charge in [-0.1, -0.05) is 11.1 Å². The van der Waals surface area contributed by atoms with Gasteiger partial charge in [0.2, 0.25) is 0 Å². The van der Waals surface area contributed by atoms with Crippen LogP contribution in [-0.2, 0) is 11.1 Å². The molecule has 13 heavy (non-hydrogen) atoms. The third-order valence-electron chi connectivity index (χ3n) is 2.28. The highest BCUT2D eigenvalue weighted by molar-refractivity contribution is 7.79. The van der Waals surface area contributed by atoms with Gasteiger partial charge in [-0.3, -0.25) is 4.21 Å². The van der Waals surface area contributed by atoms with E-state index in [9.17, 15) is 8.76 Å². The molecule has 1 aliphatic rings. The van der Waals surface area contributed by atoms with Crippen molar-refractivity contribution in [2.75, 3.05) is 25.4 Å². The first-order valence-electron chi connectivity index (χ1n) is 4.79. The van der Waals surface area contributed by atoms with E-state index >= 15 is 0 Å². The molecule has 0 aromatic rings. The van der Waals surface area contributed by atoms with Crippen molar-refractivity contribution in [2.24, 2.45) is 0 Å². The van der Waals surface area contributed by atoms with Gasteiger partial charge >= 0.3 is 0 Å². The molecule has 0 radical (unpaired) electrons. The minimum Gasteiger partial charge on any atom is -0.772 e. The topological polar surface area (TPSA) is 64.2 Å². The molecule has 1 rings (SSSR count). The van der Waals surface area contributed by atoms with Crippen LogP contribution in [0.15, 0.2) is 0 Å². The van der Waals surface area contributed by atoms with Gasteiger partial charge < -0.3 is 15.2 Å². The average molecular weight is 205 g/mol. The second kappa shape index (κ2) is 6.48. The first kappa shape index (κ1) is 11.1. The molecule has 0 bridgehead atoms. The Labute approximate surface area is 81.8 Å². The molecule has 1 saturated heterocycles. The molecule has 1 aliphatic heterocycles. The Hall–Kier alpha value is 0.0300. The Morgan fingerprint density at radius 3 is 3.08 bits per heavy atom. The molecule has 0 aromatic carbocycles. The van der Waals surface area contributed by atoms with Crippen molar-refractivity contribution < 1.29 is 8.76 Å². The summed E-state index contributed by atoms with van der Waals surface area (Å²) in [6.07, 6.45) is 3.43. The zero-order chi connectivity index (χ0) is 9.52. The molecule has 5 heteroatoms. The quantitative estimate of drug-likeness (QED) is 0.613. The lowest BCUT2D eigenvalue weighted by atomic mass is 10.1. The molecule has 0 aromatic heterocycles. The largest absolute Gasteiger partial charge is 0.772 e. The average Bonchev–Trinajstić information content (AvgIpc) is 2.32. The molecule has 0 amide bonds. The van der Waals surface area contributed by atoms with Crippen LogP contribution in [-0.4, -0.2) is 40.2 Å². The van der Waals surface area contributed by atoms with Crippen molar-refractivity contribution in [3.05, 3.63) is 0 Å². The molecule has 2 atom stereocenters. The van der Waals surface area contributed by atoms with Gasteiger partial charge in [-0.2, -0.15) is 0 Å². The first-order valence-corrected chi connectivity index (χ1v) is 6.03. The summed E-state index contributed by atoms with van der Waals surface area (Å²) in [6, 6.07) is 0.499. The van der Waals surface area contributed by atoms with Gasteiger partial charge in [0, 0.05) is 18.3 Å². The van der Waals surface area contributed by atoms with Crippen molar-refractivity contribution in [3.8, 4) is 0 Å². The number of rotatable bonds is 4. The Morgan fingerprint density at radius 2 is 2.31 bits per heavy atom. The maximum absolute atomic E-state index is 10.3. The van der Waals surface area contributed by atoms with Crippen LogP contribution in [0.1, 0.15) is 19.3 Å². The smallest absolute Gasteiger partial charge is 0.0227 e. The number of hydrogen-bond donors (Lipinski definition) is 2. The number of nitrogens with one attached hydrogen (secondary N) is 2. The molecule has 2 unspecified atom stereocenters. The summed E-state index contributed by atoms with van der Waals surface area (Å²) in [5.41, 5.74) is 0. The first-order chi connectivity index (χ1) is 6.29. The Kier molecular flexibility index (Phi) is 5.54. The highest BCUT2D eigenvalue weighted by atomic mass is 32.2. The van der Waals surface area contributed by atoms with Gasteiger partial charge in [-0.25, -0.2) is 0 Å². The highest BCUT2D eigenvalue weighted by Gasteiger charge is 2.09. The van der Waals surface area contributed by atoms with Crippen molar-refractivity contribution in [3.63, 3.8) is 0 Å². The third-order valence-corrected chi connectivity index (χ3v) is 2.81. The molecular weight excluding hydrogens is 188 g/mol. The predicted octanol–water partition coefficient (Wildman–Crippen LogP) is -0.403. The van der Waals surface area contributed by atoms with Gasteiger partial charge in [0.15, 0.2) is 0 Å². The monoisotopic (exact) mass is 205 g/mol. The summed E-state index contributed by atoms with van der Waals surface area (Å²) in [5, 5.41) is 6.57. The van der Waals surface area contributed by atoms with Crippen molar-refractivity contribution in [1.29, 1.82) is 0 Å². The molecule has 78 valence electrons. The molecular formula is C8H17N2O2S-. The van der Waals surface area contributed by atoms with Crippen LogP contribution >= 0.6 is 0 Å². The van der Waals surface area contributed by atoms with Crippen LogP contribution in [0.25, 0.3) is 0 Å². The highest BCUT2D eigenvalue weighted by Crippen LogP contribution is 2.04. The van der Waals surface area contributed by atoms with Gasteiger partial charge in [0.1, 0.15) is 0 Å². The van der Waals surface area contributed by atoms with E-state index in [1.54, 1.807) is 0 Å². The number of hydrogen-bond acceptors (Lipinski definition) is 4. The second-order valence-corrected chi connectivity index (χ2v) is 4.36. The van der Waals surface area contributed by atoms with Crippen molar-refractivity contribution >= 4 is 11.1 Å². The lowest BCUT2D eigenvalue weighted by Crippen LogP contribution is -2.32. The van der Waals surface area contributed by atoms with Crippen molar-refractivity contribution in [1.82, 2.24) is 10.6 Å². The maximum Gasteiger partial charge on any atom is 0.0227 e. The fourth-order valence-corrected chi connectivity index (χ4v) is 1.85. The van der Waals surface area contributed by atoms with Crippen LogP contribution in [0, 0.1) is 0 Å². The predicted molar refractivity (Wildman–Crippen MR) is 52.3 cm³/mol. The third kappa shape index (κ3) is 5.36. The van der Waals surface area contributed by atoms with Crippen LogP contribution in [0.2, 0.25) is 0 Å². The van der Waals surface area contributed by atoms with E-state index in [4.69, 9.17) is 0 Å². The maximum atomic E-state index is 10.3. The van der Waals surface area contributed by atoms with Gasteiger partial charge in [0.05, 0.1) is 0 Å². The Morgan fingerprint density at radius 1 is 1.46 bits per heavy atom. The van der Waals surface area contributed by atoms with Crippen LogP contribution in [0.4, 0.5) is 0 Å². The minimum absolute atomic E-state index is 0.226. The normalized spacial score (nSPS) is 26.7. The SMILES string of the molecule is O=S([O-])CCNC1CCCNCC1. The Balaban J connectivity index is 2.08. The lowest BCUT2D eigenvalue weighted by molar-refractivity contribution is 0.477. The fraction of sp³-hybridized carbons (Fsp3) is 1.00. The fourth-order valence-electron chi connectivity index (χ4n) is 1.57. The molecule has 0 spiro atoms. The standard InChI is InChI=1S/C8H18N2O2S/c11-13(12)7-6-10-8-2-1-4-9-5-3-8/h8-10H,1-7H2,(H,11,12)/p-1. The van der Waals surface area contributed by atoms with Crippen LogP contribution in [0.5, 0.6) is 0 Å². The lowest BCUT2D eigenvalue weighted by Gasteiger charge is -2.16. The van der Waals surface area contributed by atoms with Crippen LogP contribution in [0.3, 0.4) is 0 Å². The van der Waals surface area contributed by atoms with E-state index in [-0.39, 0.29) is 5.75 Å². The van der Waals surface area contributed by atoms with E-state index < -0.39 is 11.1 Å². The molecule has 0 saturated carbocycles. The molecule has 2 N–H and O–H groups in total. The van der Waals surface area contributed by atoms with Crippen molar-refractivity contribution in [2.45, 2.75) is 25.3 Å². The van der Waals surface area contributed by atoms with E-state index in [0.717, 1.165) is 25.9 Å². The molecule has 1 heterocycles. The van der Waals surface area contributed by atoms with Crippen LogP contribution < -0.4 is 10.6 Å². The zero-order valence-corrected chi connectivity index (χ0v) is 8.57. The van der Waals surface area contributed by atoms with E-state index in [2.05, 4.69) is 10.6 Å².